The summed E-state index contributed by atoms with van der Waals surface area (Å²) in [7, 11) is 1.50. The summed E-state index contributed by atoms with van der Waals surface area (Å²) >= 11 is 0.858. The number of carbonyl (C=O) groups is 3. The zero-order chi connectivity index (χ0) is 19.6. The first kappa shape index (κ1) is 18.9. The van der Waals surface area contributed by atoms with E-state index in [1.807, 2.05) is 0 Å². The summed E-state index contributed by atoms with van der Waals surface area (Å²) in [4.78, 5) is 36.7. The molecule has 0 saturated carbocycles. The Kier molecular flexibility index (Phi) is 5.48. The van der Waals surface area contributed by atoms with E-state index >= 15 is 0 Å². The number of aryl methyl sites for hydroxylation is 1. The van der Waals surface area contributed by atoms with E-state index in [4.69, 9.17) is 14.3 Å². The lowest BCUT2D eigenvalue weighted by Gasteiger charge is -2.10. The maximum atomic E-state index is 12.3. The van der Waals surface area contributed by atoms with E-state index in [9.17, 15) is 14.4 Å². The average molecular weight is 387 g/mol. The van der Waals surface area contributed by atoms with Crippen LogP contribution in [0.2, 0.25) is 0 Å². The van der Waals surface area contributed by atoms with Crippen LogP contribution in [0.4, 0.5) is 4.79 Å². The third-order valence-electron chi connectivity index (χ3n) is 4.03. The molecule has 1 aromatic heterocycles. The molecule has 0 aliphatic carbocycles. The lowest BCUT2D eigenvalue weighted by Crippen LogP contribution is -2.31. The molecular formula is C19H17NO6S. The lowest BCUT2D eigenvalue weighted by atomic mass is 10.0. The number of ether oxygens (including phenoxy) is 1. The van der Waals surface area contributed by atoms with Crippen molar-refractivity contribution in [1.82, 2.24) is 4.90 Å². The number of rotatable bonds is 6. The van der Waals surface area contributed by atoms with Crippen molar-refractivity contribution < 1.29 is 28.6 Å². The van der Waals surface area contributed by atoms with Gasteiger partial charge in [0.15, 0.2) is 0 Å². The predicted octanol–water partition coefficient (Wildman–Crippen LogP) is 3.64. The number of furan rings is 1. The molecule has 0 atom stereocenters. The van der Waals surface area contributed by atoms with E-state index in [1.165, 1.54) is 19.3 Å². The fraction of sp³-hybridized carbons (Fsp3) is 0.211. The third-order valence-corrected chi connectivity index (χ3v) is 4.94. The summed E-state index contributed by atoms with van der Waals surface area (Å²) in [5.41, 5.74) is 1.72. The third kappa shape index (κ3) is 3.96. The molecule has 1 aliphatic heterocycles. The summed E-state index contributed by atoms with van der Waals surface area (Å²) in [6.07, 6.45) is 1.53. The Morgan fingerprint density at radius 1 is 1.30 bits per heavy atom. The summed E-state index contributed by atoms with van der Waals surface area (Å²) < 4.78 is 10.7. The first-order valence-corrected chi connectivity index (χ1v) is 8.91. The molecule has 27 heavy (non-hydrogen) atoms. The quantitative estimate of drug-likeness (QED) is 0.756. The van der Waals surface area contributed by atoms with E-state index in [2.05, 4.69) is 0 Å². The Morgan fingerprint density at radius 2 is 2.07 bits per heavy atom. The van der Waals surface area contributed by atoms with Crippen LogP contribution < -0.4 is 0 Å². The van der Waals surface area contributed by atoms with Crippen molar-refractivity contribution in [3.63, 3.8) is 0 Å². The van der Waals surface area contributed by atoms with Gasteiger partial charge in [-0.1, -0.05) is 6.07 Å². The maximum Gasteiger partial charge on any atom is 0.335 e. The fourth-order valence-electron chi connectivity index (χ4n) is 2.65. The minimum absolute atomic E-state index is 0.202. The second-order valence-corrected chi connectivity index (χ2v) is 6.86. The molecule has 0 radical (unpaired) electrons. The van der Waals surface area contributed by atoms with Crippen LogP contribution in [0.25, 0.3) is 17.4 Å². The number of amides is 2. The van der Waals surface area contributed by atoms with Gasteiger partial charge in [-0.15, -0.1) is 0 Å². The molecule has 1 N–H and O–H groups in total. The summed E-state index contributed by atoms with van der Waals surface area (Å²) in [6, 6.07) is 8.20. The molecule has 2 heterocycles. The van der Waals surface area contributed by atoms with Crippen molar-refractivity contribution in [2.45, 2.75) is 6.92 Å². The van der Waals surface area contributed by atoms with Gasteiger partial charge in [0, 0.05) is 18.7 Å². The Hall–Kier alpha value is -2.84. The second kappa shape index (κ2) is 7.81. The van der Waals surface area contributed by atoms with Crippen LogP contribution in [0.1, 0.15) is 21.7 Å². The highest BCUT2D eigenvalue weighted by Crippen LogP contribution is 2.33. The van der Waals surface area contributed by atoms with Gasteiger partial charge in [0.05, 0.1) is 23.6 Å². The van der Waals surface area contributed by atoms with E-state index in [0.717, 1.165) is 27.8 Å². The van der Waals surface area contributed by atoms with Gasteiger partial charge in [-0.05, 0) is 48.5 Å². The number of methoxy groups -OCH3 is 1. The van der Waals surface area contributed by atoms with Crippen molar-refractivity contribution in [3.8, 4) is 11.3 Å². The van der Waals surface area contributed by atoms with Crippen molar-refractivity contribution in [2.75, 3.05) is 20.3 Å². The summed E-state index contributed by atoms with van der Waals surface area (Å²) in [6.45, 7) is 2.28. The second-order valence-electron chi connectivity index (χ2n) is 5.86. The number of hydrogen-bond acceptors (Lipinski definition) is 6. The predicted molar refractivity (Wildman–Crippen MR) is 100 cm³/mol. The standard InChI is InChI=1S/C19H17NO6S/c1-11-9-12(18(22)23)3-5-14(11)15-6-4-13(26-15)10-16-17(21)20(7-8-25-2)19(24)27-16/h3-6,9-10H,7-8H2,1-2H3,(H,22,23)/b16-10+. The molecule has 0 bridgehead atoms. The highest BCUT2D eigenvalue weighted by Gasteiger charge is 2.34. The van der Waals surface area contributed by atoms with Gasteiger partial charge < -0.3 is 14.3 Å². The summed E-state index contributed by atoms with van der Waals surface area (Å²) in [5.74, 6) is -0.380. The highest BCUT2D eigenvalue weighted by molar-refractivity contribution is 8.18. The van der Waals surface area contributed by atoms with Gasteiger partial charge in [-0.2, -0.15) is 0 Å². The van der Waals surface area contributed by atoms with Crippen LogP contribution in [0.3, 0.4) is 0 Å². The van der Waals surface area contributed by atoms with E-state index in [0.29, 0.717) is 11.5 Å². The minimum atomic E-state index is -0.992. The van der Waals surface area contributed by atoms with Gasteiger partial charge >= 0.3 is 5.97 Å². The first-order chi connectivity index (χ1) is 12.9. The van der Waals surface area contributed by atoms with E-state index < -0.39 is 5.97 Å². The number of thioether (sulfide) groups is 1. The van der Waals surface area contributed by atoms with Crippen LogP contribution in [0, 0.1) is 6.92 Å². The topological polar surface area (TPSA) is 97.1 Å². The number of carboxylic acid groups (broad SMARTS) is 1. The van der Waals surface area contributed by atoms with Crippen molar-refractivity contribution in [1.29, 1.82) is 0 Å². The smallest absolute Gasteiger partial charge is 0.335 e. The van der Waals surface area contributed by atoms with Crippen LogP contribution in [0.5, 0.6) is 0 Å². The normalized spacial score (nSPS) is 15.8. The number of imide groups is 1. The highest BCUT2D eigenvalue weighted by atomic mass is 32.2. The molecule has 2 aromatic rings. The number of aromatic carboxylic acids is 1. The maximum absolute atomic E-state index is 12.3. The Balaban J connectivity index is 1.82. The van der Waals surface area contributed by atoms with E-state index in [-0.39, 0.29) is 34.8 Å². The van der Waals surface area contributed by atoms with Crippen LogP contribution in [-0.2, 0) is 9.53 Å². The van der Waals surface area contributed by atoms with Crippen LogP contribution in [0.15, 0.2) is 39.7 Å². The molecular weight excluding hydrogens is 370 g/mol. The van der Waals surface area contributed by atoms with Gasteiger partial charge in [0.2, 0.25) is 0 Å². The molecule has 3 rings (SSSR count). The lowest BCUT2D eigenvalue weighted by molar-refractivity contribution is -0.123. The Bertz CT molecular complexity index is 945. The molecule has 2 amide bonds. The zero-order valence-corrected chi connectivity index (χ0v) is 15.5. The number of hydrogen-bond donors (Lipinski definition) is 1. The van der Waals surface area contributed by atoms with E-state index in [1.54, 1.807) is 31.2 Å². The van der Waals surface area contributed by atoms with Gasteiger partial charge in [-0.3, -0.25) is 14.5 Å². The molecule has 1 aliphatic rings. The van der Waals surface area contributed by atoms with Gasteiger partial charge in [-0.25, -0.2) is 4.79 Å². The number of benzene rings is 1. The fourth-order valence-corrected chi connectivity index (χ4v) is 3.50. The zero-order valence-electron chi connectivity index (χ0n) is 14.7. The molecule has 0 unspecified atom stereocenters. The van der Waals surface area contributed by atoms with Crippen LogP contribution >= 0.6 is 11.8 Å². The largest absolute Gasteiger partial charge is 0.478 e. The number of nitrogens with zero attached hydrogens (tertiary/aromatic N) is 1. The molecule has 7 nitrogen and oxygen atoms in total. The SMILES string of the molecule is COCCN1C(=O)S/C(=C/c2ccc(-c3ccc(C(=O)O)cc3C)o2)C1=O. The van der Waals surface area contributed by atoms with Crippen molar-refractivity contribution in [2.24, 2.45) is 0 Å². The van der Waals surface area contributed by atoms with Gasteiger partial charge in [0.1, 0.15) is 11.5 Å². The van der Waals surface area contributed by atoms with Crippen molar-refractivity contribution >= 4 is 35.0 Å². The van der Waals surface area contributed by atoms with Crippen LogP contribution in [-0.4, -0.2) is 47.4 Å². The molecule has 1 aromatic carbocycles. The average Bonchev–Trinajstić information content (AvgIpc) is 3.18. The number of carbonyl (C=O) groups excluding carboxylic acids is 2. The molecule has 140 valence electrons. The molecule has 1 saturated heterocycles. The molecule has 0 spiro atoms. The number of carboxylic acids is 1. The Labute approximate surface area is 159 Å². The molecule has 8 heteroatoms. The van der Waals surface area contributed by atoms with Crippen molar-refractivity contribution in [3.05, 3.63) is 52.1 Å². The summed E-state index contributed by atoms with van der Waals surface area (Å²) in [5, 5.41) is 8.71. The monoisotopic (exact) mass is 387 g/mol. The minimum Gasteiger partial charge on any atom is -0.478 e. The first-order valence-electron chi connectivity index (χ1n) is 8.09. The molecule has 1 fully saturated rings. The van der Waals surface area contributed by atoms with Gasteiger partial charge in [0.25, 0.3) is 11.1 Å². The Morgan fingerprint density at radius 3 is 2.74 bits per heavy atom.